The number of hydrogen-bond donors (Lipinski definition) is 1. The second-order valence-electron chi connectivity index (χ2n) is 4.44. The molecule has 2 rings (SSSR count). The van der Waals surface area contributed by atoms with Crippen LogP contribution < -0.4 is 14.8 Å². The largest absolute Gasteiger partial charge is 0.497 e. The van der Waals surface area contributed by atoms with Crippen LogP contribution in [0, 0.1) is 0 Å². The van der Waals surface area contributed by atoms with E-state index >= 15 is 0 Å². The summed E-state index contributed by atoms with van der Waals surface area (Å²) in [6.45, 7) is 0. The van der Waals surface area contributed by atoms with Crippen molar-refractivity contribution < 1.29 is 14.3 Å². The molecule has 0 saturated heterocycles. The summed E-state index contributed by atoms with van der Waals surface area (Å²) in [7, 11) is 3.10. The first-order chi connectivity index (χ1) is 10.6. The second kappa shape index (κ2) is 7.52. The molecule has 0 aliphatic carbocycles. The van der Waals surface area contributed by atoms with Gasteiger partial charge in [0.1, 0.15) is 11.5 Å². The van der Waals surface area contributed by atoms with E-state index in [1.54, 1.807) is 43.5 Å². The van der Waals surface area contributed by atoms with Gasteiger partial charge < -0.3 is 14.8 Å². The van der Waals surface area contributed by atoms with E-state index in [4.69, 9.17) is 21.1 Å². The monoisotopic (exact) mass is 317 g/mol. The molecule has 2 aromatic carbocycles. The standard InChI is InChI=1S/C17H16ClNO3/c1-21-14-7-8-15(16(11-14)22-2)19-17(20)9-6-12-4-3-5-13(18)10-12/h3-11H,1-2H3,(H,19,20). The minimum atomic E-state index is -0.261. The molecule has 4 nitrogen and oxygen atoms in total. The zero-order valence-corrected chi connectivity index (χ0v) is 13.1. The molecule has 2 aromatic rings. The summed E-state index contributed by atoms with van der Waals surface area (Å²) in [4.78, 5) is 12.0. The molecular weight excluding hydrogens is 302 g/mol. The minimum Gasteiger partial charge on any atom is -0.497 e. The molecule has 0 bridgehead atoms. The number of hydrogen-bond acceptors (Lipinski definition) is 3. The quantitative estimate of drug-likeness (QED) is 0.848. The van der Waals surface area contributed by atoms with Crippen molar-refractivity contribution in [3.8, 4) is 11.5 Å². The number of nitrogens with one attached hydrogen (secondary N) is 1. The van der Waals surface area contributed by atoms with Crippen LogP contribution in [0.25, 0.3) is 6.08 Å². The van der Waals surface area contributed by atoms with E-state index in [2.05, 4.69) is 5.32 Å². The van der Waals surface area contributed by atoms with Crippen LogP contribution in [0.2, 0.25) is 5.02 Å². The molecule has 114 valence electrons. The van der Waals surface area contributed by atoms with E-state index in [1.807, 2.05) is 12.1 Å². The molecule has 5 heteroatoms. The molecule has 0 saturated carbocycles. The van der Waals surface area contributed by atoms with Gasteiger partial charge in [-0.1, -0.05) is 23.7 Å². The average molecular weight is 318 g/mol. The summed E-state index contributed by atoms with van der Waals surface area (Å²) >= 11 is 5.90. The van der Waals surface area contributed by atoms with Gasteiger partial charge in [0, 0.05) is 17.2 Å². The molecular formula is C17H16ClNO3. The lowest BCUT2D eigenvalue weighted by Gasteiger charge is -2.10. The zero-order chi connectivity index (χ0) is 15.9. The van der Waals surface area contributed by atoms with Crippen LogP contribution in [0.5, 0.6) is 11.5 Å². The number of halogens is 1. The summed E-state index contributed by atoms with van der Waals surface area (Å²) in [5.41, 5.74) is 1.42. The lowest BCUT2D eigenvalue weighted by Crippen LogP contribution is -2.08. The van der Waals surface area contributed by atoms with Gasteiger partial charge in [-0.3, -0.25) is 4.79 Å². The van der Waals surface area contributed by atoms with E-state index in [1.165, 1.54) is 13.2 Å². The molecule has 0 aliphatic heterocycles. The highest BCUT2D eigenvalue weighted by molar-refractivity contribution is 6.30. The van der Waals surface area contributed by atoms with Gasteiger partial charge in [-0.25, -0.2) is 0 Å². The van der Waals surface area contributed by atoms with Crippen LogP contribution in [0.4, 0.5) is 5.69 Å². The van der Waals surface area contributed by atoms with Crippen molar-refractivity contribution in [3.05, 3.63) is 59.1 Å². The Balaban J connectivity index is 2.09. The first-order valence-electron chi connectivity index (χ1n) is 6.59. The topological polar surface area (TPSA) is 47.6 Å². The first kappa shape index (κ1) is 15.9. The predicted octanol–water partition coefficient (Wildman–Crippen LogP) is 4.01. The van der Waals surface area contributed by atoms with Gasteiger partial charge >= 0.3 is 0 Å². The molecule has 22 heavy (non-hydrogen) atoms. The predicted molar refractivity (Wildman–Crippen MR) is 88.7 cm³/mol. The second-order valence-corrected chi connectivity index (χ2v) is 4.88. The van der Waals surface area contributed by atoms with Crippen molar-refractivity contribution in [3.63, 3.8) is 0 Å². The van der Waals surface area contributed by atoms with Crippen molar-refractivity contribution >= 4 is 29.3 Å². The lowest BCUT2D eigenvalue weighted by atomic mass is 10.2. The van der Waals surface area contributed by atoms with Gasteiger partial charge in [-0.2, -0.15) is 0 Å². The SMILES string of the molecule is COc1ccc(NC(=O)C=Cc2cccc(Cl)c2)c(OC)c1. The summed E-state index contributed by atoms with van der Waals surface area (Å²) < 4.78 is 10.3. The van der Waals surface area contributed by atoms with Crippen LogP contribution in [0.1, 0.15) is 5.56 Å². The summed E-state index contributed by atoms with van der Waals surface area (Å²) in [5, 5.41) is 3.38. The van der Waals surface area contributed by atoms with E-state index in [9.17, 15) is 4.79 Å². The van der Waals surface area contributed by atoms with E-state index in [-0.39, 0.29) is 5.91 Å². The zero-order valence-electron chi connectivity index (χ0n) is 12.3. The van der Waals surface area contributed by atoms with E-state index in [0.717, 1.165) is 5.56 Å². The third kappa shape index (κ3) is 4.27. The molecule has 0 radical (unpaired) electrons. The van der Waals surface area contributed by atoms with Crippen molar-refractivity contribution in [2.24, 2.45) is 0 Å². The van der Waals surface area contributed by atoms with Crippen LogP contribution in [0.3, 0.4) is 0 Å². The molecule has 0 aromatic heterocycles. The van der Waals surface area contributed by atoms with Crippen molar-refractivity contribution in [2.45, 2.75) is 0 Å². The molecule has 0 atom stereocenters. The Kier molecular flexibility index (Phi) is 5.44. The number of carbonyl (C=O) groups excluding carboxylic acids is 1. The fraction of sp³-hybridized carbons (Fsp3) is 0.118. The molecule has 0 heterocycles. The Morgan fingerprint density at radius 3 is 2.64 bits per heavy atom. The Bertz CT molecular complexity index is 698. The van der Waals surface area contributed by atoms with Gasteiger partial charge in [-0.15, -0.1) is 0 Å². The normalized spacial score (nSPS) is 10.5. The average Bonchev–Trinajstić information content (AvgIpc) is 2.53. The Morgan fingerprint density at radius 2 is 1.95 bits per heavy atom. The fourth-order valence-electron chi connectivity index (χ4n) is 1.86. The first-order valence-corrected chi connectivity index (χ1v) is 6.97. The third-order valence-corrected chi connectivity index (χ3v) is 3.18. The van der Waals surface area contributed by atoms with Gasteiger partial charge in [0.05, 0.1) is 19.9 Å². The maximum Gasteiger partial charge on any atom is 0.248 e. The smallest absolute Gasteiger partial charge is 0.248 e. The summed E-state index contributed by atoms with van der Waals surface area (Å²) in [6.07, 6.45) is 3.13. The number of methoxy groups -OCH3 is 2. The van der Waals surface area contributed by atoms with Gasteiger partial charge in [0.2, 0.25) is 5.91 Å². The summed E-state index contributed by atoms with van der Waals surface area (Å²) in [5.74, 6) is 0.927. The van der Waals surface area contributed by atoms with Crippen LogP contribution in [0.15, 0.2) is 48.5 Å². The highest BCUT2D eigenvalue weighted by Gasteiger charge is 2.07. The van der Waals surface area contributed by atoms with Crippen molar-refractivity contribution in [2.75, 3.05) is 19.5 Å². The number of anilines is 1. The fourth-order valence-corrected chi connectivity index (χ4v) is 2.06. The van der Waals surface area contributed by atoms with Gasteiger partial charge in [0.25, 0.3) is 0 Å². The Labute approximate surface area is 134 Å². The maximum absolute atomic E-state index is 12.0. The molecule has 0 spiro atoms. The third-order valence-electron chi connectivity index (χ3n) is 2.94. The summed E-state index contributed by atoms with van der Waals surface area (Å²) in [6, 6.07) is 12.4. The van der Waals surface area contributed by atoms with Crippen LogP contribution >= 0.6 is 11.6 Å². The number of rotatable bonds is 5. The maximum atomic E-state index is 12.0. The van der Waals surface area contributed by atoms with Crippen molar-refractivity contribution in [1.29, 1.82) is 0 Å². The van der Waals surface area contributed by atoms with Gasteiger partial charge in [-0.05, 0) is 35.9 Å². The number of benzene rings is 2. The number of amides is 1. The molecule has 0 unspecified atom stereocenters. The van der Waals surface area contributed by atoms with E-state index < -0.39 is 0 Å². The molecule has 0 fully saturated rings. The van der Waals surface area contributed by atoms with Gasteiger partial charge in [0.15, 0.2) is 0 Å². The van der Waals surface area contributed by atoms with Crippen molar-refractivity contribution in [1.82, 2.24) is 0 Å². The van der Waals surface area contributed by atoms with E-state index in [0.29, 0.717) is 22.2 Å². The molecule has 1 N–H and O–H groups in total. The highest BCUT2D eigenvalue weighted by Crippen LogP contribution is 2.29. The lowest BCUT2D eigenvalue weighted by molar-refractivity contribution is -0.111. The molecule has 1 amide bonds. The Morgan fingerprint density at radius 1 is 1.14 bits per heavy atom. The Hall–Kier alpha value is -2.46. The highest BCUT2D eigenvalue weighted by atomic mass is 35.5. The number of carbonyl (C=O) groups is 1. The van der Waals surface area contributed by atoms with Crippen LogP contribution in [-0.4, -0.2) is 20.1 Å². The minimum absolute atomic E-state index is 0.261. The number of ether oxygens (including phenoxy) is 2. The van der Waals surface area contributed by atoms with Crippen LogP contribution in [-0.2, 0) is 4.79 Å². The molecule has 0 aliphatic rings.